The van der Waals surface area contributed by atoms with Gasteiger partial charge in [-0.3, -0.25) is 9.69 Å². The van der Waals surface area contributed by atoms with Gasteiger partial charge in [-0.2, -0.15) is 0 Å². The molecular formula is C16H23NO2. The maximum absolute atomic E-state index is 10.8. The third-order valence-corrected chi connectivity index (χ3v) is 4.23. The van der Waals surface area contributed by atoms with Crippen LogP contribution in [0.3, 0.4) is 0 Å². The fourth-order valence-electron chi connectivity index (χ4n) is 2.98. The summed E-state index contributed by atoms with van der Waals surface area (Å²) in [5, 5.41) is 8.87. The van der Waals surface area contributed by atoms with Gasteiger partial charge < -0.3 is 5.11 Å². The van der Waals surface area contributed by atoms with E-state index < -0.39 is 5.97 Å². The summed E-state index contributed by atoms with van der Waals surface area (Å²) in [5.74, 6) is -0.703. The Bertz CT molecular complexity index is 456. The summed E-state index contributed by atoms with van der Waals surface area (Å²) >= 11 is 0. The van der Waals surface area contributed by atoms with Crippen LogP contribution in [0, 0.1) is 13.8 Å². The molecule has 1 N–H and O–H groups in total. The molecule has 1 saturated heterocycles. The summed E-state index contributed by atoms with van der Waals surface area (Å²) in [6.45, 7) is 6.00. The van der Waals surface area contributed by atoms with Crippen molar-refractivity contribution in [1.82, 2.24) is 4.90 Å². The lowest BCUT2D eigenvalue weighted by Crippen LogP contribution is -2.35. The number of piperidine rings is 1. The molecule has 1 heterocycles. The van der Waals surface area contributed by atoms with Crippen molar-refractivity contribution in [3.05, 3.63) is 34.9 Å². The van der Waals surface area contributed by atoms with E-state index in [9.17, 15) is 4.79 Å². The highest BCUT2D eigenvalue weighted by atomic mass is 16.4. The summed E-state index contributed by atoms with van der Waals surface area (Å²) in [6, 6.07) is 6.85. The van der Waals surface area contributed by atoms with Crippen molar-refractivity contribution < 1.29 is 9.90 Å². The molecule has 1 fully saturated rings. The number of benzene rings is 1. The van der Waals surface area contributed by atoms with E-state index in [1.165, 1.54) is 29.5 Å². The van der Waals surface area contributed by atoms with Crippen LogP contribution in [0.25, 0.3) is 0 Å². The fourth-order valence-corrected chi connectivity index (χ4v) is 2.98. The smallest absolute Gasteiger partial charge is 0.304 e. The van der Waals surface area contributed by atoms with Crippen LogP contribution in [0.2, 0.25) is 0 Å². The molecule has 0 amide bonds. The first-order chi connectivity index (χ1) is 9.09. The molecule has 3 heteroatoms. The van der Waals surface area contributed by atoms with Gasteiger partial charge in [0, 0.05) is 12.6 Å². The highest BCUT2D eigenvalue weighted by molar-refractivity contribution is 5.66. The Kier molecular flexibility index (Phi) is 4.59. The minimum Gasteiger partial charge on any atom is -0.481 e. The molecule has 19 heavy (non-hydrogen) atoms. The normalized spacial score (nSPS) is 20.4. The van der Waals surface area contributed by atoms with Crippen molar-refractivity contribution in [3.63, 3.8) is 0 Å². The second-order valence-corrected chi connectivity index (χ2v) is 5.48. The first kappa shape index (κ1) is 14.1. The van der Waals surface area contributed by atoms with E-state index >= 15 is 0 Å². The highest BCUT2D eigenvalue weighted by Crippen LogP contribution is 2.33. The zero-order valence-corrected chi connectivity index (χ0v) is 11.9. The van der Waals surface area contributed by atoms with E-state index in [1.807, 2.05) is 0 Å². The summed E-state index contributed by atoms with van der Waals surface area (Å²) in [7, 11) is 0. The predicted molar refractivity (Wildman–Crippen MR) is 76.3 cm³/mol. The number of carbonyl (C=O) groups is 1. The molecule has 2 rings (SSSR count). The van der Waals surface area contributed by atoms with Gasteiger partial charge in [-0.05, 0) is 49.9 Å². The Balaban J connectivity index is 2.19. The first-order valence-electron chi connectivity index (χ1n) is 7.11. The molecule has 0 bridgehead atoms. The van der Waals surface area contributed by atoms with Gasteiger partial charge >= 0.3 is 5.97 Å². The number of hydrogen-bond donors (Lipinski definition) is 1. The number of nitrogens with zero attached hydrogens (tertiary/aromatic N) is 1. The van der Waals surface area contributed by atoms with E-state index in [4.69, 9.17) is 5.11 Å². The van der Waals surface area contributed by atoms with Crippen molar-refractivity contribution in [2.45, 2.75) is 45.6 Å². The van der Waals surface area contributed by atoms with Crippen LogP contribution in [-0.2, 0) is 4.79 Å². The molecular weight excluding hydrogens is 238 g/mol. The molecule has 3 nitrogen and oxygen atoms in total. The van der Waals surface area contributed by atoms with Crippen molar-refractivity contribution in [3.8, 4) is 0 Å². The lowest BCUT2D eigenvalue weighted by Gasteiger charge is -2.36. The van der Waals surface area contributed by atoms with E-state index in [0.717, 1.165) is 13.0 Å². The minimum absolute atomic E-state index is 0.237. The van der Waals surface area contributed by atoms with E-state index in [-0.39, 0.29) is 6.42 Å². The summed E-state index contributed by atoms with van der Waals surface area (Å²) in [5.41, 5.74) is 4.06. The number of carboxylic acid groups (broad SMARTS) is 1. The van der Waals surface area contributed by atoms with E-state index in [2.05, 4.69) is 36.9 Å². The Hall–Kier alpha value is -1.35. The Morgan fingerprint density at radius 3 is 2.89 bits per heavy atom. The number of aliphatic carboxylic acids is 1. The molecule has 104 valence electrons. The molecule has 1 aromatic rings. The topological polar surface area (TPSA) is 40.5 Å². The Labute approximate surface area is 115 Å². The van der Waals surface area contributed by atoms with E-state index in [1.54, 1.807) is 0 Å². The largest absolute Gasteiger partial charge is 0.481 e. The molecule has 0 aromatic heterocycles. The van der Waals surface area contributed by atoms with Crippen LogP contribution in [0.5, 0.6) is 0 Å². The van der Waals surface area contributed by atoms with Gasteiger partial charge in [-0.25, -0.2) is 0 Å². The molecule has 0 radical (unpaired) electrons. The molecule has 0 saturated carbocycles. The van der Waals surface area contributed by atoms with Crippen LogP contribution in [0.15, 0.2) is 18.2 Å². The lowest BCUT2D eigenvalue weighted by molar-refractivity contribution is -0.137. The standard InChI is InChI=1S/C16H23NO2/c1-12-6-5-7-14(13(12)2)15-8-3-4-10-17(15)11-9-16(18)19/h5-7,15H,3-4,8-11H2,1-2H3,(H,18,19). The van der Waals surface area contributed by atoms with Crippen molar-refractivity contribution in [2.24, 2.45) is 0 Å². The first-order valence-corrected chi connectivity index (χ1v) is 7.11. The highest BCUT2D eigenvalue weighted by Gasteiger charge is 2.25. The van der Waals surface area contributed by atoms with E-state index in [0.29, 0.717) is 12.6 Å². The SMILES string of the molecule is Cc1cccc(C2CCCCN2CCC(=O)O)c1C. The monoisotopic (exact) mass is 261 g/mol. The number of likely N-dealkylation sites (tertiary alicyclic amines) is 1. The maximum Gasteiger partial charge on any atom is 0.304 e. The number of aryl methyl sites for hydroxylation is 1. The Morgan fingerprint density at radius 1 is 1.37 bits per heavy atom. The zero-order chi connectivity index (χ0) is 13.8. The molecule has 1 aromatic carbocycles. The van der Waals surface area contributed by atoms with Crippen molar-refractivity contribution in [2.75, 3.05) is 13.1 Å². The van der Waals surface area contributed by atoms with Crippen LogP contribution < -0.4 is 0 Å². The predicted octanol–water partition coefficient (Wildman–Crippen LogP) is 3.31. The fraction of sp³-hybridized carbons (Fsp3) is 0.562. The second kappa shape index (κ2) is 6.20. The van der Waals surface area contributed by atoms with Gasteiger partial charge in [0.15, 0.2) is 0 Å². The van der Waals surface area contributed by atoms with Gasteiger partial charge in [0.25, 0.3) is 0 Å². The van der Waals surface area contributed by atoms with Crippen molar-refractivity contribution >= 4 is 5.97 Å². The summed E-state index contributed by atoms with van der Waals surface area (Å²) < 4.78 is 0. The molecule has 1 aliphatic heterocycles. The average Bonchev–Trinajstić information content (AvgIpc) is 2.40. The Morgan fingerprint density at radius 2 is 2.16 bits per heavy atom. The molecule has 1 unspecified atom stereocenters. The second-order valence-electron chi connectivity index (χ2n) is 5.48. The van der Waals surface area contributed by atoms with Gasteiger partial charge in [-0.1, -0.05) is 24.6 Å². The van der Waals surface area contributed by atoms with Crippen molar-refractivity contribution in [1.29, 1.82) is 0 Å². The van der Waals surface area contributed by atoms with Crippen LogP contribution in [0.1, 0.15) is 48.4 Å². The van der Waals surface area contributed by atoms with Crippen LogP contribution >= 0.6 is 0 Å². The average molecular weight is 261 g/mol. The third-order valence-electron chi connectivity index (χ3n) is 4.23. The van der Waals surface area contributed by atoms with Gasteiger partial charge in [0.2, 0.25) is 0 Å². The number of rotatable bonds is 4. The zero-order valence-electron chi connectivity index (χ0n) is 11.9. The van der Waals surface area contributed by atoms with Gasteiger partial charge in [0.1, 0.15) is 0 Å². The molecule has 1 atom stereocenters. The lowest BCUT2D eigenvalue weighted by atomic mass is 9.90. The quantitative estimate of drug-likeness (QED) is 0.904. The molecule has 1 aliphatic rings. The van der Waals surface area contributed by atoms with Crippen LogP contribution in [0.4, 0.5) is 0 Å². The third kappa shape index (κ3) is 3.35. The number of carboxylic acids is 1. The maximum atomic E-state index is 10.8. The summed E-state index contributed by atoms with van der Waals surface area (Å²) in [4.78, 5) is 13.1. The van der Waals surface area contributed by atoms with Gasteiger partial charge in [-0.15, -0.1) is 0 Å². The van der Waals surface area contributed by atoms with Gasteiger partial charge in [0.05, 0.1) is 6.42 Å². The molecule has 0 aliphatic carbocycles. The molecule has 0 spiro atoms. The summed E-state index contributed by atoms with van der Waals surface area (Å²) in [6.07, 6.45) is 3.80. The number of hydrogen-bond acceptors (Lipinski definition) is 2. The minimum atomic E-state index is -0.703. The van der Waals surface area contributed by atoms with Crippen LogP contribution in [-0.4, -0.2) is 29.1 Å².